The normalized spacial score (nSPS) is 26.4. The van der Waals surface area contributed by atoms with Crippen LogP contribution in [-0.4, -0.2) is 286 Å². The molecule has 11 amide bonds. The van der Waals surface area contributed by atoms with Crippen LogP contribution in [0.1, 0.15) is 150 Å². The second-order valence-corrected chi connectivity index (χ2v) is 28.4. The number of carbonyl (C=O) groups is 11. The first kappa shape index (κ1) is 88.4. The SMILES string of the molecule is C/C=C/C[C@@H](C)[C@@H](O)[C@H]1C(=O)N[C@@H](CC)C(=O)N(C)[C@H](C)C(=O)N(C)[C@@H]([C@@H](C)OC/C=C/CNC(CO)(CO)CO)C(=O)N[C@@H](C(C)C)C(=O)N(C)[C@H](CC(C)C)C(=O)N[C@@H](C)C(=O)N[C@@H](C)C(=O)N(C)[C@@H](CC(C)C)C(=O)N(C)[C@H](CC(C)C)C(=O)N(C)[C@@H](C(C)C)C(=O)N1C. The van der Waals surface area contributed by atoms with Gasteiger partial charge in [0.2, 0.25) is 65.0 Å². The molecule has 1 aliphatic rings. The summed E-state index contributed by atoms with van der Waals surface area (Å²) < 4.78 is 6.16. The number of nitrogens with one attached hydrogen (secondary N) is 5. The first-order chi connectivity index (χ1) is 45.0. The molecule has 0 aromatic heterocycles. The lowest BCUT2D eigenvalue weighted by molar-refractivity contribution is -0.157. The molecule has 0 bridgehead atoms. The molecule has 1 heterocycles. The van der Waals surface area contributed by atoms with Crippen molar-refractivity contribution in [1.29, 1.82) is 0 Å². The Morgan fingerprint density at radius 2 is 0.938 bits per heavy atom. The number of rotatable bonds is 23. The minimum atomic E-state index is -1.68. The molecule has 9 N–H and O–H groups in total. The lowest BCUT2D eigenvalue weighted by Gasteiger charge is -2.41. The molecule has 0 spiro atoms. The molecule has 0 aromatic rings. The fourth-order valence-electron chi connectivity index (χ4n) is 11.7. The predicted octanol–water partition coefficient (Wildman–Crippen LogP) is 0.878. The number of hydrogen-bond acceptors (Lipinski definition) is 17. The predicted molar refractivity (Wildman–Crippen MR) is 370 cm³/mol. The third-order valence-corrected chi connectivity index (χ3v) is 18.4. The molecule has 14 atom stereocenters. The van der Waals surface area contributed by atoms with Crippen LogP contribution in [0, 0.1) is 35.5 Å². The van der Waals surface area contributed by atoms with Gasteiger partial charge in [-0.2, -0.15) is 0 Å². The maximum absolute atomic E-state index is 15.3. The van der Waals surface area contributed by atoms with E-state index in [1.807, 2.05) is 41.5 Å². The van der Waals surface area contributed by atoms with Crippen LogP contribution in [-0.2, 0) is 57.5 Å². The fourth-order valence-corrected chi connectivity index (χ4v) is 11.7. The van der Waals surface area contributed by atoms with Gasteiger partial charge in [0.05, 0.1) is 44.2 Å². The van der Waals surface area contributed by atoms with Crippen molar-refractivity contribution in [2.24, 2.45) is 35.5 Å². The van der Waals surface area contributed by atoms with E-state index in [0.29, 0.717) is 0 Å². The van der Waals surface area contributed by atoms with E-state index in [2.05, 4.69) is 26.6 Å². The molecule has 97 heavy (non-hydrogen) atoms. The Morgan fingerprint density at radius 3 is 1.41 bits per heavy atom. The molecular weight excluding hydrogens is 1250 g/mol. The van der Waals surface area contributed by atoms with E-state index in [4.69, 9.17) is 4.74 Å². The Kier molecular flexibility index (Phi) is 37.5. The monoisotopic (exact) mass is 1380 g/mol. The van der Waals surface area contributed by atoms with Crippen molar-refractivity contribution in [3.63, 3.8) is 0 Å². The minimum Gasteiger partial charge on any atom is -0.394 e. The van der Waals surface area contributed by atoms with Gasteiger partial charge in [-0.1, -0.05) is 107 Å². The van der Waals surface area contributed by atoms with E-state index in [0.717, 1.165) is 14.7 Å². The van der Waals surface area contributed by atoms with Gasteiger partial charge in [0, 0.05) is 55.9 Å². The first-order valence-electron chi connectivity index (χ1n) is 34.2. The topological polar surface area (TPSA) is 361 Å². The lowest BCUT2D eigenvalue weighted by atomic mass is 9.91. The molecular formula is C69H124N12O16. The molecule has 0 aliphatic carbocycles. The molecule has 1 aliphatic heterocycles. The number of likely N-dealkylation sites (N-methyl/N-ethyl adjacent to an activating group) is 7. The summed E-state index contributed by atoms with van der Waals surface area (Å²) in [6, 6.07) is -14.7. The molecule has 0 aromatic carbocycles. The van der Waals surface area contributed by atoms with Crippen molar-refractivity contribution in [3.05, 3.63) is 24.3 Å². The highest BCUT2D eigenvalue weighted by Crippen LogP contribution is 2.26. The van der Waals surface area contributed by atoms with E-state index in [-0.39, 0.29) is 63.0 Å². The van der Waals surface area contributed by atoms with E-state index >= 15 is 24.0 Å². The molecule has 28 nitrogen and oxygen atoms in total. The number of carbonyl (C=O) groups excluding carboxylic acids is 11. The summed E-state index contributed by atoms with van der Waals surface area (Å²) in [5.74, 6) is -10.7. The highest BCUT2D eigenvalue weighted by Gasteiger charge is 2.47. The summed E-state index contributed by atoms with van der Waals surface area (Å²) >= 11 is 0. The van der Waals surface area contributed by atoms with Gasteiger partial charge < -0.3 is 86.0 Å². The molecule has 1 saturated heterocycles. The molecule has 0 radical (unpaired) electrons. The average molecular weight is 1380 g/mol. The number of nitrogens with zero attached hydrogens (tertiary/aromatic N) is 7. The summed E-state index contributed by atoms with van der Waals surface area (Å²) in [6.07, 6.45) is 4.53. The van der Waals surface area contributed by atoms with Crippen LogP contribution < -0.4 is 26.6 Å². The van der Waals surface area contributed by atoms with Crippen LogP contribution in [0.2, 0.25) is 0 Å². The Hall–Kier alpha value is -6.59. The van der Waals surface area contributed by atoms with Crippen molar-refractivity contribution in [2.45, 2.75) is 234 Å². The number of allylic oxidation sites excluding steroid dienone is 2. The zero-order chi connectivity index (χ0) is 75.0. The smallest absolute Gasteiger partial charge is 0.246 e. The second kappa shape index (κ2) is 41.1. The quantitative estimate of drug-likeness (QED) is 0.0641. The van der Waals surface area contributed by atoms with Crippen LogP contribution in [0.5, 0.6) is 0 Å². The number of amides is 11. The van der Waals surface area contributed by atoms with Gasteiger partial charge in [-0.05, 0) is 102 Å². The van der Waals surface area contributed by atoms with Crippen molar-refractivity contribution in [1.82, 2.24) is 60.9 Å². The van der Waals surface area contributed by atoms with Gasteiger partial charge in [-0.3, -0.25) is 52.7 Å². The van der Waals surface area contributed by atoms with Crippen molar-refractivity contribution < 1.29 is 77.9 Å². The van der Waals surface area contributed by atoms with Crippen LogP contribution in [0.4, 0.5) is 0 Å². The van der Waals surface area contributed by atoms with E-state index in [1.54, 1.807) is 72.8 Å². The van der Waals surface area contributed by atoms with E-state index < -0.39 is 187 Å². The van der Waals surface area contributed by atoms with Gasteiger partial charge in [0.15, 0.2) is 0 Å². The van der Waals surface area contributed by atoms with Crippen molar-refractivity contribution in [3.8, 4) is 0 Å². The third-order valence-electron chi connectivity index (χ3n) is 18.4. The Morgan fingerprint density at radius 1 is 0.485 bits per heavy atom. The second-order valence-electron chi connectivity index (χ2n) is 28.4. The first-order valence-corrected chi connectivity index (χ1v) is 34.2. The molecule has 556 valence electrons. The zero-order valence-corrected chi connectivity index (χ0v) is 62.7. The molecule has 0 unspecified atom stereocenters. The van der Waals surface area contributed by atoms with E-state index in [1.165, 1.54) is 96.6 Å². The molecule has 1 rings (SSSR count). The van der Waals surface area contributed by atoms with Gasteiger partial charge in [-0.15, -0.1) is 0 Å². The van der Waals surface area contributed by atoms with E-state index in [9.17, 15) is 49.2 Å². The summed E-state index contributed by atoms with van der Waals surface area (Å²) in [6.45, 7) is 26.9. The van der Waals surface area contributed by atoms with Gasteiger partial charge in [0.25, 0.3) is 0 Å². The Balaban J connectivity index is 4.46. The number of aliphatic hydroxyl groups excluding tert-OH is 4. The molecule has 0 saturated carbocycles. The Bertz CT molecular complexity index is 2660. The molecule has 28 heteroatoms. The van der Waals surface area contributed by atoms with Gasteiger partial charge in [-0.25, -0.2) is 0 Å². The minimum absolute atomic E-state index is 0.0523. The summed E-state index contributed by atoms with van der Waals surface area (Å²) in [7, 11) is 9.64. The number of ether oxygens (including phenoxy) is 1. The fraction of sp³-hybridized carbons (Fsp3) is 0.783. The lowest BCUT2D eigenvalue weighted by Crippen LogP contribution is -2.64. The largest absolute Gasteiger partial charge is 0.394 e. The maximum atomic E-state index is 15.3. The number of aliphatic hydroxyl groups is 4. The van der Waals surface area contributed by atoms with Crippen molar-refractivity contribution in [2.75, 3.05) is 82.3 Å². The summed E-state index contributed by atoms with van der Waals surface area (Å²) in [5, 5.41) is 55.3. The average Bonchev–Trinajstić information content (AvgIpc) is 0.810. The van der Waals surface area contributed by atoms with Crippen LogP contribution in [0.25, 0.3) is 0 Å². The Labute approximate surface area is 577 Å². The van der Waals surface area contributed by atoms with Crippen LogP contribution in [0.15, 0.2) is 24.3 Å². The molecule has 1 fully saturated rings. The summed E-state index contributed by atoms with van der Waals surface area (Å²) in [5.41, 5.74) is -1.38. The van der Waals surface area contributed by atoms with Crippen LogP contribution in [0.3, 0.4) is 0 Å². The van der Waals surface area contributed by atoms with Gasteiger partial charge >= 0.3 is 0 Å². The highest BCUT2D eigenvalue weighted by atomic mass is 16.5. The van der Waals surface area contributed by atoms with Crippen molar-refractivity contribution >= 4 is 65.0 Å². The summed E-state index contributed by atoms with van der Waals surface area (Å²) in [4.78, 5) is 171. The maximum Gasteiger partial charge on any atom is 0.246 e. The highest BCUT2D eigenvalue weighted by molar-refractivity contribution is 6.00. The standard InChI is InChI=1S/C69H124N12O16/c1-25-27-30-44(13)57(85)56-61(89)73-49(26-2)64(92)75(18)47(16)63(91)80(23)55(48(17)97-32-29-28-31-70-69(36-82,37-83)38-84)60(88)74-53(42(9)10)67(95)76(19)50(33-39(3)4)59(87)71-45(14)58(86)72-46(15)62(90)77(20)51(34-40(5)6)65(93)78(21)52(35-41(7)8)66(94)79(22)54(43(11)12)68(96)81(56)24/h25,27-29,39-57,70,82-85H,26,30-38H2,1-24H3,(H,71,87)(H,72,86)(H,73,89)(H,74,88)/b27-25+,29-28+/t44-,45+,46+,47-,48-,49+,50-,51+,52-,53+,54+,55+,56+,57-/m1/s1. The van der Waals surface area contributed by atoms with Crippen LogP contribution >= 0.6 is 0 Å². The number of hydrogen-bond donors (Lipinski definition) is 9. The third kappa shape index (κ3) is 24.7. The zero-order valence-electron chi connectivity index (χ0n) is 62.7. The van der Waals surface area contributed by atoms with Gasteiger partial charge in [0.1, 0.15) is 66.5 Å².